The van der Waals surface area contributed by atoms with E-state index in [1.54, 1.807) is 0 Å². The number of nitrogens with zero attached hydrogens (tertiary/aromatic N) is 2. The average Bonchev–Trinajstić information content (AvgIpc) is 3.13. The number of carbonyl (C=O) groups excluding carboxylic acids is 1. The van der Waals surface area contributed by atoms with Gasteiger partial charge in [0.25, 0.3) is 0 Å². The Morgan fingerprint density at radius 2 is 1.55 bits per heavy atom. The van der Waals surface area contributed by atoms with Crippen LogP contribution in [-0.4, -0.2) is 15.5 Å². The molecular weight excluding hydrogens is 382 g/mol. The van der Waals surface area contributed by atoms with Crippen molar-refractivity contribution >= 4 is 16.9 Å². The lowest BCUT2D eigenvalue weighted by Crippen LogP contribution is -2.30. The summed E-state index contributed by atoms with van der Waals surface area (Å²) in [7, 11) is 0. The highest BCUT2D eigenvalue weighted by molar-refractivity contribution is 5.79. The number of hydrogen-bond donors (Lipinski definition) is 1. The Morgan fingerprint density at radius 1 is 0.871 bits per heavy atom. The van der Waals surface area contributed by atoms with Crippen molar-refractivity contribution in [1.82, 2.24) is 14.9 Å². The number of imidazole rings is 1. The lowest BCUT2D eigenvalue weighted by atomic mass is 10.0. The highest BCUT2D eigenvalue weighted by Crippen LogP contribution is 2.23. The van der Waals surface area contributed by atoms with Crippen LogP contribution in [-0.2, 0) is 17.8 Å². The minimum absolute atomic E-state index is 0.00130. The molecule has 0 aliphatic heterocycles. The van der Waals surface area contributed by atoms with Crippen molar-refractivity contribution in [3.8, 4) is 0 Å². The Kier molecular flexibility index (Phi) is 6.17. The summed E-state index contributed by atoms with van der Waals surface area (Å²) in [5.74, 6) is 1.38. The van der Waals surface area contributed by atoms with E-state index in [1.165, 1.54) is 11.1 Å². The Morgan fingerprint density at radius 3 is 2.26 bits per heavy atom. The molecule has 1 N–H and O–H groups in total. The number of rotatable bonds is 7. The predicted octanol–water partition coefficient (Wildman–Crippen LogP) is 5.63. The first-order valence-corrected chi connectivity index (χ1v) is 10.9. The molecule has 0 fully saturated rings. The van der Waals surface area contributed by atoms with Crippen molar-refractivity contribution in [3.63, 3.8) is 0 Å². The molecule has 0 aliphatic rings. The van der Waals surface area contributed by atoms with Gasteiger partial charge in [0.2, 0.25) is 5.91 Å². The van der Waals surface area contributed by atoms with Crippen LogP contribution in [0.1, 0.15) is 55.2 Å². The van der Waals surface area contributed by atoms with Gasteiger partial charge in [0.1, 0.15) is 5.82 Å². The number of benzene rings is 3. The van der Waals surface area contributed by atoms with Crippen molar-refractivity contribution in [2.75, 3.05) is 0 Å². The zero-order valence-corrected chi connectivity index (χ0v) is 18.4. The van der Waals surface area contributed by atoms with Gasteiger partial charge in [-0.05, 0) is 41.7 Å². The van der Waals surface area contributed by atoms with Crippen LogP contribution in [0, 0.1) is 0 Å². The highest BCUT2D eigenvalue weighted by atomic mass is 16.1. The first-order chi connectivity index (χ1) is 15.0. The minimum Gasteiger partial charge on any atom is -0.346 e. The van der Waals surface area contributed by atoms with E-state index in [4.69, 9.17) is 4.98 Å². The third-order valence-corrected chi connectivity index (χ3v) is 5.64. The minimum atomic E-state index is -0.196. The largest absolute Gasteiger partial charge is 0.346 e. The van der Waals surface area contributed by atoms with Gasteiger partial charge < -0.3 is 9.88 Å². The summed E-state index contributed by atoms with van der Waals surface area (Å²) in [6.45, 7) is 7.13. The van der Waals surface area contributed by atoms with Crippen LogP contribution < -0.4 is 5.32 Å². The number of fused-ring (bicyclic) bond motifs is 1. The van der Waals surface area contributed by atoms with E-state index in [-0.39, 0.29) is 11.9 Å². The molecule has 4 aromatic rings. The molecule has 4 rings (SSSR count). The quantitative estimate of drug-likeness (QED) is 0.428. The summed E-state index contributed by atoms with van der Waals surface area (Å²) < 4.78 is 2.22. The second-order valence-electron chi connectivity index (χ2n) is 8.39. The van der Waals surface area contributed by atoms with Gasteiger partial charge >= 0.3 is 0 Å². The van der Waals surface area contributed by atoms with Gasteiger partial charge in [-0.25, -0.2) is 4.98 Å². The lowest BCUT2D eigenvalue weighted by Gasteiger charge is -2.17. The van der Waals surface area contributed by atoms with E-state index in [0.717, 1.165) is 22.4 Å². The van der Waals surface area contributed by atoms with Crippen molar-refractivity contribution in [1.29, 1.82) is 0 Å². The number of aromatic nitrogens is 2. The molecule has 1 aromatic heterocycles. The number of amides is 1. The third-order valence-electron chi connectivity index (χ3n) is 5.64. The SMILES string of the molecule is CC(C)c1ccc(Cn2c(C(C)NC(=O)Cc3ccccc3)nc3ccccc32)cc1. The van der Waals surface area contributed by atoms with Crippen LogP contribution in [0.4, 0.5) is 0 Å². The summed E-state index contributed by atoms with van der Waals surface area (Å²) >= 11 is 0. The second kappa shape index (κ2) is 9.17. The summed E-state index contributed by atoms with van der Waals surface area (Å²) in [5.41, 5.74) is 5.58. The molecule has 158 valence electrons. The highest BCUT2D eigenvalue weighted by Gasteiger charge is 2.19. The molecule has 1 atom stereocenters. The first-order valence-electron chi connectivity index (χ1n) is 10.9. The fourth-order valence-electron chi connectivity index (χ4n) is 3.92. The molecule has 0 aliphatic carbocycles. The first kappa shape index (κ1) is 20.9. The summed E-state index contributed by atoms with van der Waals surface area (Å²) in [4.78, 5) is 17.5. The average molecular weight is 412 g/mol. The fraction of sp³-hybridized carbons (Fsp3) is 0.259. The summed E-state index contributed by atoms with van der Waals surface area (Å²) in [5, 5.41) is 3.13. The van der Waals surface area contributed by atoms with Gasteiger partial charge in [0.15, 0.2) is 0 Å². The van der Waals surface area contributed by atoms with Gasteiger partial charge in [-0.2, -0.15) is 0 Å². The maximum absolute atomic E-state index is 12.6. The predicted molar refractivity (Wildman–Crippen MR) is 126 cm³/mol. The van der Waals surface area contributed by atoms with E-state index in [9.17, 15) is 4.79 Å². The standard InChI is InChI=1S/C27H29N3O/c1-19(2)23-15-13-22(14-16-23)18-30-25-12-8-7-11-24(25)29-27(30)20(3)28-26(31)17-21-9-5-4-6-10-21/h4-16,19-20H,17-18H2,1-3H3,(H,28,31). The van der Waals surface area contributed by atoms with Crippen LogP contribution in [0.3, 0.4) is 0 Å². The van der Waals surface area contributed by atoms with Gasteiger partial charge in [0, 0.05) is 6.54 Å². The van der Waals surface area contributed by atoms with Crippen LogP contribution >= 0.6 is 0 Å². The number of para-hydroxylation sites is 2. The van der Waals surface area contributed by atoms with Crippen molar-refractivity contribution < 1.29 is 4.79 Å². The molecule has 1 amide bonds. The molecule has 0 spiro atoms. The van der Waals surface area contributed by atoms with Crippen LogP contribution in [0.5, 0.6) is 0 Å². The van der Waals surface area contributed by atoms with E-state index in [2.05, 4.69) is 54.1 Å². The van der Waals surface area contributed by atoms with E-state index < -0.39 is 0 Å². The molecule has 0 bridgehead atoms. The van der Waals surface area contributed by atoms with Gasteiger partial charge in [0.05, 0.1) is 23.5 Å². The van der Waals surface area contributed by atoms with Gasteiger partial charge in [-0.1, -0.05) is 80.6 Å². The van der Waals surface area contributed by atoms with Crippen LogP contribution in [0.15, 0.2) is 78.9 Å². The fourth-order valence-corrected chi connectivity index (χ4v) is 3.92. The Balaban J connectivity index is 1.59. The molecule has 31 heavy (non-hydrogen) atoms. The second-order valence-corrected chi connectivity index (χ2v) is 8.39. The molecule has 0 saturated heterocycles. The Bertz CT molecular complexity index is 1160. The molecule has 0 radical (unpaired) electrons. The van der Waals surface area contributed by atoms with Crippen LogP contribution in [0.25, 0.3) is 11.0 Å². The molecule has 4 nitrogen and oxygen atoms in total. The molecule has 3 aromatic carbocycles. The number of hydrogen-bond acceptors (Lipinski definition) is 2. The number of carbonyl (C=O) groups is 1. The Labute approximate surface area is 183 Å². The van der Waals surface area contributed by atoms with E-state index in [1.807, 2.05) is 55.5 Å². The third kappa shape index (κ3) is 4.85. The monoisotopic (exact) mass is 411 g/mol. The lowest BCUT2D eigenvalue weighted by molar-refractivity contribution is -0.121. The van der Waals surface area contributed by atoms with Gasteiger partial charge in [-0.3, -0.25) is 4.79 Å². The van der Waals surface area contributed by atoms with Crippen LogP contribution in [0.2, 0.25) is 0 Å². The maximum atomic E-state index is 12.6. The summed E-state index contributed by atoms with van der Waals surface area (Å²) in [6, 6.07) is 26.5. The summed E-state index contributed by atoms with van der Waals surface area (Å²) in [6.07, 6.45) is 0.363. The van der Waals surface area contributed by atoms with Crippen molar-refractivity contribution in [3.05, 3.63) is 101 Å². The van der Waals surface area contributed by atoms with E-state index >= 15 is 0 Å². The van der Waals surface area contributed by atoms with E-state index in [0.29, 0.717) is 18.9 Å². The maximum Gasteiger partial charge on any atom is 0.224 e. The van der Waals surface area contributed by atoms with Gasteiger partial charge in [-0.15, -0.1) is 0 Å². The molecule has 1 heterocycles. The van der Waals surface area contributed by atoms with Crippen molar-refractivity contribution in [2.45, 2.75) is 45.7 Å². The Hall–Kier alpha value is -3.40. The molecule has 4 heteroatoms. The molecule has 0 saturated carbocycles. The van der Waals surface area contributed by atoms with Crippen molar-refractivity contribution in [2.24, 2.45) is 0 Å². The molecule has 1 unspecified atom stereocenters. The zero-order chi connectivity index (χ0) is 21.8. The zero-order valence-electron chi connectivity index (χ0n) is 18.4. The number of nitrogens with one attached hydrogen (secondary N) is 1. The topological polar surface area (TPSA) is 46.9 Å². The smallest absolute Gasteiger partial charge is 0.224 e. The normalized spacial score (nSPS) is 12.3. The molecular formula is C27H29N3O.